The molecule has 92 valence electrons. The lowest BCUT2D eigenvalue weighted by atomic mass is 9.80. The largest absolute Gasteiger partial charge is 0.477 e. The molecule has 0 aromatic carbocycles. The third-order valence-electron chi connectivity index (χ3n) is 2.77. The van der Waals surface area contributed by atoms with E-state index in [-0.39, 0.29) is 22.7 Å². The number of carbonyl (C=O) groups excluding carboxylic acids is 1. The Morgan fingerprint density at radius 1 is 1.53 bits per heavy atom. The number of hydrogen-bond acceptors (Lipinski definition) is 5. The fourth-order valence-corrected chi connectivity index (χ4v) is 2.54. The van der Waals surface area contributed by atoms with Gasteiger partial charge in [-0.1, -0.05) is 11.3 Å². The second-order valence-corrected chi connectivity index (χ2v) is 5.16. The molecule has 1 aromatic rings. The first-order valence-corrected chi connectivity index (χ1v) is 6.06. The molecule has 0 atom stereocenters. The number of aryl methyl sites for hydroxylation is 1. The van der Waals surface area contributed by atoms with Crippen LogP contribution in [0.15, 0.2) is 0 Å². The molecule has 7 heteroatoms. The highest BCUT2D eigenvalue weighted by Gasteiger charge is 2.32. The van der Waals surface area contributed by atoms with Crippen LogP contribution in [0.5, 0.6) is 0 Å². The molecule has 1 fully saturated rings. The number of anilines is 1. The van der Waals surface area contributed by atoms with E-state index in [1.807, 2.05) is 0 Å². The van der Waals surface area contributed by atoms with Gasteiger partial charge in [-0.3, -0.25) is 4.79 Å². The summed E-state index contributed by atoms with van der Waals surface area (Å²) in [6.45, 7) is 1.61. The Kier molecular flexibility index (Phi) is 3.12. The first-order chi connectivity index (χ1) is 7.97. The van der Waals surface area contributed by atoms with Gasteiger partial charge < -0.3 is 16.2 Å². The van der Waals surface area contributed by atoms with Crippen molar-refractivity contribution in [3.8, 4) is 0 Å². The molecule has 1 saturated carbocycles. The van der Waals surface area contributed by atoms with E-state index in [1.165, 1.54) is 0 Å². The van der Waals surface area contributed by atoms with Crippen molar-refractivity contribution >= 4 is 28.3 Å². The molecule has 1 amide bonds. The van der Waals surface area contributed by atoms with Crippen LogP contribution in [0.25, 0.3) is 0 Å². The van der Waals surface area contributed by atoms with E-state index in [1.54, 1.807) is 6.92 Å². The highest BCUT2D eigenvalue weighted by Crippen LogP contribution is 2.28. The molecule has 0 saturated heterocycles. The highest BCUT2D eigenvalue weighted by atomic mass is 32.1. The molecular formula is C10H13N3O3S. The van der Waals surface area contributed by atoms with Crippen LogP contribution in [-0.2, 0) is 4.79 Å². The molecule has 0 unspecified atom stereocenters. The zero-order valence-electron chi connectivity index (χ0n) is 9.27. The molecule has 1 aromatic heterocycles. The smallest absolute Gasteiger partial charge is 0.347 e. The summed E-state index contributed by atoms with van der Waals surface area (Å²) < 4.78 is 0. The van der Waals surface area contributed by atoms with Crippen molar-refractivity contribution in [3.05, 3.63) is 10.6 Å². The van der Waals surface area contributed by atoms with Gasteiger partial charge in [0.05, 0.1) is 5.69 Å². The Balaban J connectivity index is 2.01. The van der Waals surface area contributed by atoms with Crippen LogP contribution in [0.3, 0.4) is 0 Å². The third kappa shape index (κ3) is 2.45. The van der Waals surface area contributed by atoms with E-state index in [9.17, 15) is 9.59 Å². The zero-order chi connectivity index (χ0) is 12.6. The van der Waals surface area contributed by atoms with Gasteiger partial charge in [0.25, 0.3) is 0 Å². The highest BCUT2D eigenvalue weighted by molar-refractivity contribution is 7.17. The molecular weight excluding hydrogens is 242 g/mol. The number of carboxylic acids is 1. The van der Waals surface area contributed by atoms with E-state index in [0.29, 0.717) is 23.7 Å². The minimum absolute atomic E-state index is 0.0671. The van der Waals surface area contributed by atoms with E-state index >= 15 is 0 Å². The maximum atomic E-state index is 11.7. The van der Waals surface area contributed by atoms with Gasteiger partial charge >= 0.3 is 5.97 Å². The molecule has 17 heavy (non-hydrogen) atoms. The Morgan fingerprint density at radius 3 is 2.65 bits per heavy atom. The summed E-state index contributed by atoms with van der Waals surface area (Å²) in [4.78, 5) is 26.7. The van der Waals surface area contributed by atoms with Crippen LogP contribution in [0, 0.1) is 12.8 Å². The van der Waals surface area contributed by atoms with Crippen molar-refractivity contribution in [2.24, 2.45) is 11.7 Å². The summed E-state index contributed by atoms with van der Waals surface area (Å²) >= 11 is 0.975. The predicted molar refractivity (Wildman–Crippen MR) is 63.1 cm³/mol. The van der Waals surface area contributed by atoms with Gasteiger partial charge in [-0.15, -0.1) is 0 Å². The Morgan fingerprint density at radius 2 is 2.18 bits per heavy atom. The van der Waals surface area contributed by atoms with Crippen molar-refractivity contribution in [3.63, 3.8) is 0 Å². The average Bonchev–Trinajstić information content (AvgIpc) is 2.54. The van der Waals surface area contributed by atoms with Crippen LogP contribution in [0.1, 0.15) is 28.2 Å². The molecule has 6 nitrogen and oxygen atoms in total. The summed E-state index contributed by atoms with van der Waals surface area (Å²) in [5.74, 6) is -1.22. The summed E-state index contributed by atoms with van der Waals surface area (Å²) in [7, 11) is 0. The molecule has 0 radical (unpaired) electrons. The van der Waals surface area contributed by atoms with E-state index in [2.05, 4.69) is 10.3 Å². The lowest BCUT2D eigenvalue weighted by molar-refractivity contribution is -0.122. The van der Waals surface area contributed by atoms with Gasteiger partial charge in [0, 0.05) is 12.0 Å². The predicted octanol–water partition coefficient (Wildman–Crippen LogP) is 0.826. The lowest BCUT2D eigenvalue weighted by Gasteiger charge is -2.30. The average molecular weight is 255 g/mol. The van der Waals surface area contributed by atoms with E-state index < -0.39 is 5.97 Å². The molecule has 0 spiro atoms. The first kappa shape index (κ1) is 12.0. The van der Waals surface area contributed by atoms with Gasteiger partial charge in [-0.2, -0.15) is 0 Å². The minimum atomic E-state index is -1.02. The summed E-state index contributed by atoms with van der Waals surface area (Å²) in [5, 5.41) is 11.8. The number of thiazole rings is 1. The first-order valence-electron chi connectivity index (χ1n) is 5.24. The number of aromatic carboxylic acids is 1. The van der Waals surface area contributed by atoms with Crippen LogP contribution < -0.4 is 11.1 Å². The van der Waals surface area contributed by atoms with Gasteiger partial charge in [-0.25, -0.2) is 9.78 Å². The molecule has 1 heterocycles. The van der Waals surface area contributed by atoms with Crippen molar-refractivity contribution < 1.29 is 14.7 Å². The summed E-state index contributed by atoms with van der Waals surface area (Å²) in [5.41, 5.74) is 6.02. The number of carboxylic acid groups (broad SMARTS) is 1. The van der Waals surface area contributed by atoms with Crippen molar-refractivity contribution in [1.82, 2.24) is 4.98 Å². The molecule has 0 aliphatic heterocycles. The lowest BCUT2D eigenvalue weighted by Crippen LogP contribution is -2.42. The van der Waals surface area contributed by atoms with Crippen molar-refractivity contribution in [2.75, 3.05) is 5.32 Å². The van der Waals surface area contributed by atoms with Gasteiger partial charge in [0.15, 0.2) is 5.13 Å². The molecule has 1 aliphatic rings. The third-order valence-corrected chi connectivity index (χ3v) is 3.83. The van der Waals surface area contributed by atoms with Crippen LogP contribution >= 0.6 is 11.3 Å². The number of nitrogens with one attached hydrogen (secondary N) is 1. The Bertz CT molecular complexity index is 465. The van der Waals surface area contributed by atoms with Gasteiger partial charge in [0.2, 0.25) is 5.91 Å². The molecule has 0 bridgehead atoms. The second kappa shape index (κ2) is 4.42. The topological polar surface area (TPSA) is 105 Å². The summed E-state index contributed by atoms with van der Waals surface area (Å²) in [6.07, 6.45) is 1.37. The maximum absolute atomic E-state index is 11.7. The van der Waals surface area contributed by atoms with Crippen LogP contribution in [0.4, 0.5) is 5.13 Å². The summed E-state index contributed by atoms with van der Waals surface area (Å²) in [6, 6.07) is 0.110. The number of rotatable bonds is 3. The fourth-order valence-electron chi connectivity index (χ4n) is 1.73. The molecule has 4 N–H and O–H groups in total. The maximum Gasteiger partial charge on any atom is 0.347 e. The molecule has 2 rings (SSSR count). The van der Waals surface area contributed by atoms with Gasteiger partial charge in [0.1, 0.15) is 4.88 Å². The number of nitrogens with zero attached hydrogens (tertiary/aromatic N) is 1. The SMILES string of the molecule is Cc1nc(NC(=O)C2CC(N)C2)sc1C(=O)O. The minimum Gasteiger partial charge on any atom is -0.477 e. The number of hydrogen-bond donors (Lipinski definition) is 3. The quantitative estimate of drug-likeness (QED) is 0.741. The Hall–Kier alpha value is -1.47. The number of carbonyl (C=O) groups is 2. The van der Waals surface area contributed by atoms with Crippen molar-refractivity contribution in [1.29, 1.82) is 0 Å². The fraction of sp³-hybridized carbons (Fsp3) is 0.500. The number of nitrogens with two attached hydrogens (primary N) is 1. The Labute approximate surface area is 102 Å². The van der Waals surface area contributed by atoms with E-state index in [0.717, 1.165) is 11.3 Å². The number of aromatic nitrogens is 1. The second-order valence-electron chi connectivity index (χ2n) is 4.16. The normalized spacial score (nSPS) is 22.9. The standard InChI is InChI=1S/C10H13N3O3S/c1-4-7(9(15)16)17-10(12-4)13-8(14)5-2-6(11)3-5/h5-6H,2-3,11H2,1H3,(H,15,16)(H,12,13,14). The van der Waals surface area contributed by atoms with Crippen LogP contribution in [-0.4, -0.2) is 28.0 Å². The van der Waals surface area contributed by atoms with Crippen LogP contribution in [0.2, 0.25) is 0 Å². The monoisotopic (exact) mass is 255 g/mol. The van der Waals surface area contributed by atoms with E-state index in [4.69, 9.17) is 10.8 Å². The number of amides is 1. The van der Waals surface area contributed by atoms with Gasteiger partial charge in [-0.05, 0) is 19.8 Å². The molecule has 1 aliphatic carbocycles. The van der Waals surface area contributed by atoms with Crippen molar-refractivity contribution in [2.45, 2.75) is 25.8 Å². The zero-order valence-corrected chi connectivity index (χ0v) is 10.1.